The summed E-state index contributed by atoms with van der Waals surface area (Å²) in [5.74, 6) is 0.148. The van der Waals surface area contributed by atoms with Crippen LogP contribution in [0.2, 0.25) is 0 Å². The zero-order valence-electron chi connectivity index (χ0n) is 12.4. The van der Waals surface area contributed by atoms with E-state index in [9.17, 15) is 4.79 Å². The summed E-state index contributed by atoms with van der Waals surface area (Å²) in [6, 6.07) is 2.26. The molecule has 116 valence electrons. The van der Waals surface area contributed by atoms with Crippen LogP contribution in [-0.4, -0.2) is 41.1 Å². The Morgan fingerprint density at radius 1 is 1.36 bits per heavy atom. The second kappa shape index (κ2) is 5.76. The molecule has 0 N–H and O–H groups in total. The number of nitrogens with zero attached hydrogens (tertiary/aromatic N) is 2. The molecular weight excluding hydrogens is 316 g/mol. The number of aryl methyl sites for hydroxylation is 1. The Labute approximate surface area is 137 Å². The Bertz CT molecular complexity index is 694. The van der Waals surface area contributed by atoms with Crippen molar-refractivity contribution in [3.05, 3.63) is 27.4 Å². The van der Waals surface area contributed by atoms with Gasteiger partial charge in [-0.3, -0.25) is 4.79 Å². The Hall–Kier alpha value is -1.24. The molecule has 2 fully saturated rings. The van der Waals surface area contributed by atoms with Gasteiger partial charge in [0.15, 0.2) is 0 Å². The summed E-state index contributed by atoms with van der Waals surface area (Å²) < 4.78 is 5.80. The van der Waals surface area contributed by atoms with E-state index in [0.717, 1.165) is 40.4 Å². The molecule has 1 aliphatic heterocycles. The molecule has 6 heteroatoms. The summed E-state index contributed by atoms with van der Waals surface area (Å²) in [4.78, 5) is 20.5. The molecule has 2 atom stereocenters. The SMILES string of the molecule is Cc1nc(-c2cc(C(=O)N3CCO[C@@H]4CCC[C@H]43)cs2)cs1. The summed E-state index contributed by atoms with van der Waals surface area (Å²) in [6.07, 6.45) is 3.56. The molecule has 1 aliphatic carbocycles. The maximum atomic E-state index is 12.9. The van der Waals surface area contributed by atoms with E-state index in [-0.39, 0.29) is 18.1 Å². The first kappa shape index (κ1) is 14.4. The van der Waals surface area contributed by atoms with Gasteiger partial charge in [-0.05, 0) is 32.3 Å². The van der Waals surface area contributed by atoms with Crippen molar-refractivity contribution < 1.29 is 9.53 Å². The Kier molecular flexibility index (Phi) is 3.76. The van der Waals surface area contributed by atoms with Crippen LogP contribution in [0.3, 0.4) is 0 Å². The predicted molar refractivity (Wildman–Crippen MR) is 88.6 cm³/mol. The van der Waals surface area contributed by atoms with Gasteiger partial charge in [0.1, 0.15) is 0 Å². The summed E-state index contributed by atoms with van der Waals surface area (Å²) in [6.45, 7) is 3.37. The fraction of sp³-hybridized carbons (Fsp3) is 0.500. The minimum Gasteiger partial charge on any atom is -0.374 e. The lowest BCUT2D eigenvalue weighted by Gasteiger charge is -2.37. The molecular formula is C16H18N2O2S2. The molecule has 1 amide bonds. The van der Waals surface area contributed by atoms with Gasteiger partial charge in [-0.15, -0.1) is 22.7 Å². The highest BCUT2D eigenvalue weighted by Gasteiger charge is 2.38. The average molecular weight is 334 g/mol. The number of hydrogen-bond acceptors (Lipinski definition) is 5. The second-order valence-electron chi connectivity index (χ2n) is 5.86. The summed E-state index contributed by atoms with van der Waals surface area (Å²) in [5, 5.41) is 5.07. The van der Waals surface area contributed by atoms with E-state index in [1.807, 2.05) is 23.3 Å². The minimum absolute atomic E-state index is 0.148. The number of carbonyl (C=O) groups is 1. The molecule has 2 aromatic heterocycles. The van der Waals surface area contributed by atoms with Crippen LogP contribution in [0.15, 0.2) is 16.8 Å². The van der Waals surface area contributed by atoms with E-state index < -0.39 is 0 Å². The highest BCUT2D eigenvalue weighted by atomic mass is 32.1. The molecule has 1 saturated heterocycles. The van der Waals surface area contributed by atoms with Crippen LogP contribution in [-0.2, 0) is 4.74 Å². The molecule has 2 aliphatic rings. The number of amides is 1. The molecule has 0 unspecified atom stereocenters. The molecule has 0 bridgehead atoms. The third-order valence-corrected chi connectivity index (χ3v) is 6.19. The van der Waals surface area contributed by atoms with Crippen molar-refractivity contribution in [2.24, 2.45) is 0 Å². The van der Waals surface area contributed by atoms with Crippen molar-refractivity contribution in [2.75, 3.05) is 13.2 Å². The van der Waals surface area contributed by atoms with Crippen LogP contribution in [0.5, 0.6) is 0 Å². The van der Waals surface area contributed by atoms with Crippen molar-refractivity contribution in [1.82, 2.24) is 9.88 Å². The van der Waals surface area contributed by atoms with Gasteiger partial charge in [0, 0.05) is 17.3 Å². The number of morpholine rings is 1. The number of fused-ring (bicyclic) bond motifs is 1. The van der Waals surface area contributed by atoms with Gasteiger partial charge in [0.25, 0.3) is 5.91 Å². The van der Waals surface area contributed by atoms with Gasteiger partial charge >= 0.3 is 0 Å². The van der Waals surface area contributed by atoms with Crippen LogP contribution >= 0.6 is 22.7 Å². The van der Waals surface area contributed by atoms with Crippen molar-refractivity contribution in [3.8, 4) is 10.6 Å². The largest absolute Gasteiger partial charge is 0.374 e. The zero-order chi connectivity index (χ0) is 15.1. The molecule has 2 aromatic rings. The molecule has 0 spiro atoms. The summed E-state index contributed by atoms with van der Waals surface area (Å²) >= 11 is 3.24. The van der Waals surface area contributed by atoms with Gasteiger partial charge in [-0.2, -0.15) is 0 Å². The first-order valence-electron chi connectivity index (χ1n) is 7.66. The topological polar surface area (TPSA) is 42.4 Å². The number of rotatable bonds is 2. The number of hydrogen-bond donors (Lipinski definition) is 0. The fourth-order valence-corrected chi connectivity index (χ4v) is 4.93. The maximum Gasteiger partial charge on any atom is 0.255 e. The van der Waals surface area contributed by atoms with Gasteiger partial charge in [0.05, 0.1) is 39.9 Å². The molecule has 4 nitrogen and oxygen atoms in total. The fourth-order valence-electron chi connectivity index (χ4n) is 3.40. The van der Waals surface area contributed by atoms with Crippen LogP contribution in [0.25, 0.3) is 10.6 Å². The second-order valence-corrected chi connectivity index (χ2v) is 7.83. The maximum absolute atomic E-state index is 12.9. The lowest BCUT2D eigenvalue weighted by molar-refractivity contribution is -0.0445. The molecule has 1 saturated carbocycles. The van der Waals surface area contributed by atoms with Crippen molar-refractivity contribution in [2.45, 2.75) is 38.3 Å². The Morgan fingerprint density at radius 2 is 2.27 bits per heavy atom. The number of ether oxygens (including phenoxy) is 1. The molecule has 3 heterocycles. The zero-order valence-corrected chi connectivity index (χ0v) is 14.1. The van der Waals surface area contributed by atoms with Crippen LogP contribution in [0, 0.1) is 6.92 Å². The van der Waals surface area contributed by atoms with E-state index in [0.29, 0.717) is 13.2 Å². The molecule has 0 aromatic carbocycles. The number of thiazole rings is 1. The highest BCUT2D eigenvalue weighted by molar-refractivity contribution is 7.14. The Morgan fingerprint density at radius 3 is 3.09 bits per heavy atom. The molecule has 4 rings (SSSR count). The predicted octanol–water partition coefficient (Wildman–Crippen LogP) is 3.57. The van der Waals surface area contributed by atoms with E-state index in [2.05, 4.69) is 10.4 Å². The quantitative estimate of drug-likeness (QED) is 0.843. The first-order valence-corrected chi connectivity index (χ1v) is 9.42. The van der Waals surface area contributed by atoms with Gasteiger partial charge in [-0.25, -0.2) is 4.98 Å². The number of thiophene rings is 1. The number of aromatic nitrogens is 1. The van der Waals surface area contributed by atoms with E-state index in [1.165, 1.54) is 0 Å². The normalized spacial score (nSPS) is 24.5. The lowest BCUT2D eigenvalue weighted by Crippen LogP contribution is -2.51. The third kappa shape index (κ3) is 2.49. The average Bonchev–Trinajstić information content (AvgIpc) is 3.25. The van der Waals surface area contributed by atoms with Gasteiger partial charge < -0.3 is 9.64 Å². The Balaban J connectivity index is 1.56. The van der Waals surface area contributed by atoms with Crippen molar-refractivity contribution >= 4 is 28.6 Å². The minimum atomic E-state index is 0.148. The standard InChI is InChI=1S/C16H18N2O2S2/c1-10-17-12(9-21-10)15-7-11(8-22-15)16(19)18-5-6-20-14-4-2-3-13(14)18/h7-9,13-14H,2-6H2,1H3/t13-,14-/m1/s1. The van der Waals surface area contributed by atoms with Gasteiger partial charge in [0.2, 0.25) is 0 Å². The monoisotopic (exact) mass is 334 g/mol. The molecule has 0 radical (unpaired) electrons. The lowest BCUT2D eigenvalue weighted by atomic mass is 10.1. The van der Waals surface area contributed by atoms with Crippen LogP contribution in [0.1, 0.15) is 34.6 Å². The van der Waals surface area contributed by atoms with Crippen molar-refractivity contribution in [3.63, 3.8) is 0 Å². The highest BCUT2D eigenvalue weighted by Crippen LogP contribution is 2.33. The van der Waals surface area contributed by atoms with Gasteiger partial charge in [-0.1, -0.05) is 0 Å². The van der Waals surface area contributed by atoms with Crippen molar-refractivity contribution in [1.29, 1.82) is 0 Å². The van der Waals surface area contributed by atoms with E-state index in [1.54, 1.807) is 22.7 Å². The van der Waals surface area contributed by atoms with Crippen LogP contribution in [0.4, 0.5) is 0 Å². The summed E-state index contributed by atoms with van der Waals surface area (Å²) in [7, 11) is 0. The first-order chi connectivity index (χ1) is 10.7. The van der Waals surface area contributed by atoms with E-state index in [4.69, 9.17) is 4.74 Å². The number of carbonyl (C=O) groups excluding carboxylic acids is 1. The van der Waals surface area contributed by atoms with E-state index >= 15 is 0 Å². The smallest absolute Gasteiger partial charge is 0.255 e. The van der Waals surface area contributed by atoms with Crippen LogP contribution < -0.4 is 0 Å². The third-order valence-electron chi connectivity index (χ3n) is 4.46. The molecule has 22 heavy (non-hydrogen) atoms. The summed E-state index contributed by atoms with van der Waals surface area (Å²) in [5.41, 5.74) is 1.77.